The standard InChI is InChI=1S/C29H45N3O10/c1-26(2,3)29(24(36)37,27(4,5)6)31(18-22(33)34)21(23(35)42-28(7,8)9)12-10-11-17-30-25(38)41-20-15-13-19(14-16-20)32(39)40/h13-16,21H,10-12,17-18H2,1-9H3,(H,30,38)(H,33,34)(H,36,37). The number of carbonyl (C=O) groups excluding carboxylic acids is 2. The van der Waals surface area contributed by atoms with Crippen LogP contribution in [0.4, 0.5) is 10.5 Å². The number of aliphatic carboxylic acids is 2. The quantitative estimate of drug-likeness (QED) is 0.122. The predicted octanol–water partition coefficient (Wildman–Crippen LogP) is 4.87. The lowest BCUT2D eigenvalue weighted by Gasteiger charge is -2.57. The summed E-state index contributed by atoms with van der Waals surface area (Å²) in [5, 5.41) is 33.9. The number of carboxylic acid groups (broad SMARTS) is 2. The third kappa shape index (κ3) is 9.40. The molecule has 42 heavy (non-hydrogen) atoms. The molecule has 1 rings (SSSR count). The fourth-order valence-electron chi connectivity index (χ4n) is 5.56. The maximum atomic E-state index is 13.6. The van der Waals surface area contributed by atoms with E-state index in [2.05, 4.69) is 5.32 Å². The molecule has 1 aromatic rings. The van der Waals surface area contributed by atoms with Crippen molar-refractivity contribution in [2.24, 2.45) is 10.8 Å². The minimum absolute atomic E-state index is 0.0580. The Labute approximate surface area is 246 Å². The number of nitrogens with zero attached hydrogens (tertiary/aromatic N) is 2. The van der Waals surface area contributed by atoms with Crippen molar-refractivity contribution in [1.29, 1.82) is 0 Å². The van der Waals surface area contributed by atoms with E-state index in [0.29, 0.717) is 12.8 Å². The summed E-state index contributed by atoms with van der Waals surface area (Å²) in [6, 6.07) is 3.77. The van der Waals surface area contributed by atoms with Gasteiger partial charge in [-0.05, 0) is 63.0 Å². The highest BCUT2D eigenvalue weighted by atomic mass is 16.6. The van der Waals surface area contributed by atoms with Crippen LogP contribution in [0, 0.1) is 20.9 Å². The summed E-state index contributed by atoms with van der Waals surface area (Å²) in [5.41, 5.74) is -4.90. The molecule has 0 fully saturated rings. The van der Waals surface area contributed by atoms with Crippen molar-refractivity contribution >= 4 is 29.7 Å². The van der Waals surface area contributed by atoms with Crippen LogP contribution in [-0.4, -0.2) is 74.3 Å². The number of rotatable bonds is 13. The maximum absolute atomic E-state index is 13.6. The predicted molar refractivity (Wildman–Crippen MR) is 154 cm³/mol. The van der Waals surface area contributed by atoms with Crippen molar-refractivity contribution in [3.63, 3.8) is 0 Å². The van der Waals surface area contributed by atoms with E-state index >= 15 is 0 Å². The van der Waals surface area contributed by atoms with Gasteiger partial charge in [0.25, 0.3) is 5.69 Å². The first-order chi connectivity index (χ1) is 19.0. The van der Waals surface area contributed by atoms with E-state index in [4.69, 9.17) is 9.47 Å². The first kappa shape index (κ1) is 36.3. The molecule has 0 radical (unpaired) electrons. The Morgan fingerprint density at radius 2 is 1.45 bits per heavy atom. The van der Waals surface area contributed by atoms with E-state index in [-0.39, 0.29) is 24.4 Å². The van der Waals surface area contributed by atoms with E-state index in [1.807, 2.05) is 0 Å². The topological polar surface area (TPSA) is 186 Å². The van der Waals surface area contributed by atoms with Gasteiger partial charge in [-0.3, -0.25) is 29.4 Å². The molecule has 0 aliphatic rings. The Kier molecular flexibility index (Phi) is 12.1. The summed E-state index contributed by atoms with van der Waals surface area (Å²) in [6.45, 7) is 14.6. The Bertz CT molecular complexity index is 1110. The van der Waals surface area contributed by atoms with Gasteiger partial charge in [-0.1, -0.05) is 41.5 Å². The van der Waals surface area contributed by atoms with Gasteiger partial charge in [-0.25, -0.2) is 4.79 Å². The highest BCUT2D eigenvalue weighted by Crippen LogP contribution is 2.50. The molecule has 1 amide bonds. The highest BCUT2D eigenvalue weighted by Gasteiger charge is 2.63. The van der Waals surface area contributed by atoms with Crippen LogP contribution in [0.15, 0.2) is 24.3 Å². The summed E-state index contributed by atoms with van der Waals surface area (Å²) < 4.78 is 10.8. The number of carboxylic acids is 2. The Morgan fingerprint density at radius 1 is 0.929 bits per heavy atom. The zero-order valence-electron chi connectivity index (χ0n) is 26.0. The molecule has 1 aromatic carbocycles. The maximum Gasteiger partial charge on any atom is 0.412 e. The van der Waals surface area contributed by atoms with Crippen LogP contribution in [0.25, 0.3) is 0 Å². The van der Waals surface area contributed by atoms with Crippen molar-refractivity contribution in [3.05, 3.63) is 34.4 Å². The van der Waals surface area contributed by atoms with Crippen molar-refractivity contribution in [2.75, 3.05) is 13.1 Å². The van der Waals surface area contributed by atoms with E-state index in [0.717, 1.165) is 0 Å². The van der Waals surface area contributed by atoms with Gasteiger partial charge in [0, 0.05) is 18.7 Å². The number of nitro benzene ring substituents is 1. The van der Waals surface area contributed by atoms with Crippen LogP contribution < -0.4 is 10.1 Å². The molecule has 0 aromatic heterocycles. The number of amides is 1. The van der Waals surface area contributed by atoms with E-state index in [1.165, 1.54) is 29.2 Å². The number of unbranched alkanes of at least 4 members (excludes halogenated alkanes) is 1. The average molecular weight is 596 g/mol. The zero-order valence-corrected chi connectivity index (χ0v) is 26.0. The normalized spacial score (nSPS) is 13.3. The summed E-state index contributed by atoms with van der Waals surface area (Å²) >= 11 is 0. The van der Waals surface area contributed by atoms with Crippen molar-refractivity contribution in [2.45, 2.75) is 98.8 Å². The van der Waals surface area contributed by atoms with Gasteiger partial charge in [-0.15, -0.1) is 0 Å². The number of hydrogen-bond acceptors (Lipinski definition) is 9. The number of ether oxygens (including phenoxy) is 2. The minimum atomic E-state index is -1.80. The summed E-state index contributed by atoms with van der Waals surface area (Å²) in [5.74, 6) is -3.18. The third-order valence-corrected chi connectivity index (χ3v) is 6.70. The molecule has 0 spiro atoms. The van der Waals surface area contributed by atoms with Gasteiger partial charge in [0.05, 0.1) is 11.5 Å². The molecule has 1 atom stereocenters. The summed E-state index contributed by atoms with van der Waals surface area (Å²) in [7, 11) is 0. The fourth-order valence-corrected chi connectivity index (χ4v) is 5.56. The van der Waals surface area contributed by atoms with E-state index < -0.39 is 63.5 Å². The SMILES string of the molecule is CC(C)(C)OC(=O)C(CCCCNC(=O)Oc1ccc([N+](=O)[O-])cc1)N(CC(=O)O)C(C(=O)O)(C(C)(C)C)C(C)(C)C. The molecule has 0 aliphatic carbocycles. The lowest BCUT2D eigenvalue weighted by molar-refractivity contribution is -0.384. The number of carbonyl (C=O) groups is 4. The first-order valence-electron chi connectivity index (χ1n) is 13.7. The molecule has 0 saturated carbocycles. The van der Waals surface area contributed by atoms with Gasteiger partial charge in [-0.2, -0.15) is 0 Å². The number of benzene rings is 1. The third-order valence-electron chi connectivity index (χ3n) is 6.70. The van der Waals surface area contributed by atoms with Gasteiger partial charge in [0.2, 0.25) is 0 Å². The molecule has 0 saturated heterocycles. The molecule has 0 aliphatic heterocycles. The molecular weight excluding hydrogens is 550 g/mol. The largest absolute Gasteiger partial charge is 0.480 e. The second-order valence-electron chi connectivity index (χ2n) is 13.1. The minimum Gasteiger partial charge on any atom is -0.480 e. The van der Waals surface area contributed by atoms with Crippen LogP contribution in [0.1, 0.15) is 81.6 Å². The summed E-state index contributed by atoms with van der Waals surface area (Å²) in [4.78, 5) is 62.4. The lowest BCUT2D eigenvalue weighted by Crippen LogP contribution is -2.73. The van der Waals surface area contributed by atoms with E-state index in [1.54, 1.807) is 62.3 Å². The van der Waals surface area contributed by atoms with Gasteiger partial charge in [0.15, 0.2) is 0 Å². The summed E-state index contributed by atoms with van der Waals surface area (Å²) in [6.07, 6.45) is -0.0734. The molecule has 13 heteroatoms. The monoisotopic (exact) mass is 595 g/mol. The Hall–Kier alpha value is -3.74. The van der Waals surface area contributed by atoms with E-state index in [9.17, 15) is 39.5 Å². The number of esters is 1. The zero-order chi connectivity index (χ0) is 32.7. The van der Waals surface area contributed by atoms with Crippen molar-refractivity contribution in [3.8, 4) is 5.75 Å². The van der Waals surface area contributed by atoms with Crippen LogP contribution in [0.2, 0.25) is 0 Å². The first-order valence-corrected chi connectivity index (χ1v) is 13.7. The molecule has 13 nitrogen and oxygen atoms in total. The number of hydrogen-bond donors (Lipinski definition) is 3. The van der Waals surface area contributed by atoms with Gasteiger partial charge >= 0.3 is 24.0 Å². The number of nitrogens with one attached hydrogen (secondary N) is 1. The second kappa shape index (κ2) is 14.0. The smallest absolute Gasteiger partial charge is 0.412 e. The van der Waals surface area contributed by atoms with Crippen LogP contribution in [-0.2, 0) is 19.1 Å². The molecule has 236 valence electrons. The van der Waals surface area contributed by atoms with Gasteiger partial charge in [0.1, 0.15) is 22.9 Å². The average Bonchev–Trinajstić information content (AvgIpc) is 2.78. The van der Waals surface area contributed by atoms with Crippen molar-refractivity contribution < 1.29 is 43.8 Å². The molecular formula is C29H45N3O10. The molecule has 1 unspecified atom stereocenters. The van der Waals surface area contributed by atoms with Crippen LogP contribution in [0.3, 0.4) is 0 Å². The Morgan fingerprint density at radius 3 is 1.86 bits per heavy atom. The molecule has 3 N–H and O–H groups in total. The second-order valence-corrected chi connectivity index (χ2v) is 13.1. The molecule has 0 heterocycles. The fraction of sp³-hybridized carbons (Fsp3) is 0.655. The highest BCUT2D eigenvalue weighted by molar-refractivity contribution is 5.85. The number of non-ortho nitro benzene ring substituents is 1. The molecule has 0 bridgehead atoms. The van der Waals surface area contributed by atoms with Crippen LogP contribution >= 0.6 is 0 Å². The van der Waals surface area contributed by atoms with Crippen molar-refractivity contribution in [1.82, 2.24) is 10.2 Å². The lowest BCUT2D eigenvalue weighted by atomic mass is 9.58. The van der Waals surface area contributed by atoms with Crippen LogP contribution in [0.5, 0.6) is 5.75 Å². The number of nitro groups is 1. The van der Waals surface area contributed by atoms with Gasteiger partial charge < -0.3 is 25.0 Å². The Balaban J connectivity index is 3.21.